The molecular formula is C22H19ClN4O4S. The second-order valence-corrected chi connectivity index (χ2v) is 7.78. The van der Waals surface area contributed by atoms with Crippen molar-refractivity contribution in [1.82, 2.24) is 14.8 Å². The molecule has 0 amide bonds. The lowest BCUT2D eigenvalue weighted by Gasteiger charge is -2.10. The van der Waals surface area contributed by atoms with Crippen molar-refractivity contribution in [2.45, 2.75) is 18.6 Å². The van der Waals surface area contributed by atoms with Crippen LogP contribution in [-0.4, -0.2) is 39.6 Å². The SMILES string of the molecule is CCn1c(S/C(=C\c2ccc(OCC#N)c(OC)c2)C(=O)O)nnc1-c1ccc(Cl)cc1. The zero-order valence-electron chi connectivity index (χ0n) is 17.3. The summed E-state index contributed by atoms with van der Waals surface area (Å²) in [5.41, 5.74) is 1.42. The first-order valence-corrected chi connectivity index (χ1v) is 10.7. The number of hydrogen-bond donors (Lipinski definition) is 1. The van der Waals surface area contributed by atoms with E-state index in [1.54, 1.807) is 30.3 Å². The van der Waals surface area contributed by atoms with Crippen molar-refractivity contribution < 1.29 is 19.4 Å². The minimum absolute atomic E-state index is 0.0579. The summed E-state index contributed by atoms with van der Waals surface area (Å²) in [6.07, 6.45) is 1.51. The highest BCUT2D eigenvalue weighted by Gasteiger charge is 2.18. The maximum absolute atomic E-state index is 11.9. The van der Waals surface area contributed by atoms with E-state index in [1.165, 1.54) is 13.2 Å². The Morgan fingerprint density at radius 3 is 2.62 bits per heavy atom. The Hall–Kier alpha value is -3.48. The van der Waals surface area contributed by atoms with Crippen LogP contribution in [0.1, 0.15) is 12.5 Å². The molecule has 0 bridgehead atoms. The van der Waals surface area contributed by atoms with E-state index >= 15 is 0 Å². The van der Waals surface area contributed by atoms with Crippen LogP contribution in [0.3, 0.4) is 0 Å². The number of aromatic nitrogens is 3. The maximum atomic E-state index is 11.9. The summed E-state index contributed by atoms with van der Waals surface area (Å²) in [5.74, 6) is 0.314. The van der Waals surface area contributed by atoms with Gasteiger partial charge in [0.05, 0.1) is 7.11 Å². The monoisotopic (exact) mass is 470 g/mol. The number of hydrogen-bond acceptors (Lipinski definition) is 7. The lowest BCUT2D eigenvalue weighted by atomic mass is 10.2. The molecule has 0 atom stereocenters. The second kappa shape index (κ2) is 10.7. The van der Waals surface area contributed by atoms with E-state index in [1.807, 2.05) is 29.7 Å². The molecule has 1 N–H and O–H groups in total. The van der Waals surface area contributed by atoms with Crippen molar-refractivity contribution in [3.8, 4) is 29.0 Å². The van der Waals surface area contributed by atoms with Crippen LogP contribution in [0.15, 0.2) is 52.5 Å². The van der Waals surface area contributed by atoms with Gasteiger partial charge in [0.1, 0.15) is 11.0 Å². The van der Waals surface area contributed by atoms with Crippen LogP contribution >= 0.6 is 23.4 Å². The van der Waals surface area contributed by atoms with Gasteiger partial charge in [-0.05, 0) is 66.7 Å². The van der Waals surface area contributed by atoms with Gasteiger partial charge in [-0.15, -0.1) is 10.2 Å². The van der Waals surface area contributed by atoms with Gasteiger partial charge in [-0.1, -0.05) is 17.7 Å². The van der Waals surface area contributed by atoms with Gasteiger partial charge in [-0.2, -0.15) is 5.26 Å². The highest BCUT2D eigenvalue weighted by atomic mass is 35.5. The fourth-order valence-corrected chi connectivity index (χ4v) is 3.86. The molecule has 1 aromatic heterocycles. The summed E-state index contributed by atoms with van der Waals surface area (Å²) in [6, 6.07) is 14.0. The number of rotatable bonds is 9. The number of methoxy groups -OCH3 is 1. The van der Waals surface area contributed by atoms with E-state index in [-0.39, 0.29) is 11.5 Å². The molecule has 3 rings (SSSR count). The van der Waals surface area contributed by atoms with E-state index in [0.717, 1.165) is 17.3 Å². The number of nitrogens with zero attached hydrogens (tertiary/aromatic N) is 4. The number of carbonyl (C=O) groups is 1. The summed E-state index contributed by atoms with van der Waals surface area (Å²) >= 11 is 6.97. The third-order valence-electron chi connectivity index (χ3n) is 4.33. The van der Waals surface area contributed by atoms with E-state index in [4.69, 9.17) is 26.3 Å². The predicted octanol–water partition coefficient (Wildman–Crippen LogP) is 4.75. The van der Waals surface area contributed by atoms with E-state index in [2.05, 4.69) is 10.2 Å². The third-order valence-corrected chi connectivity index (χ3v) is 5.57. The number of aliphatic carboxylic acids is 1. The Labute approximate surface area is 194 Å². The number of benzene rings is 2. The number of ether oxygens (including phenoxy) is 2. The van der Waals surface area contributed by atoms with E-state index in [0.29, 0.717) is 39.6 Å². The Balaban J connectivity index is 1.92. The molecule has 0 spiro atoms. The zero-order chi connectivity index (χ0) is 23.1. The molecule has 8 nitrogen and oxygen atoms in total. The van der Waals surface area contributed by atoms with Crippen molar-refractivity contribution >= 4 is 35.4 Å². The Morgan fingerprint density at radius 2 is 2.00 bits per heavy atom. The number of thioether (sulfide) groups is 1. The quantitative estimate of drug-likeness (QED) is 0.352. The van der Waals surface area contributed by atoms with Crippen molar-refractivity contribution in [3.63, 3.8) is 0 Å². The lowest BCUT2D eigenvalue weighted by Crippen LogP contribution is -2.03. The van der Waals surface area contributed by atoms with Gasteiger partial charge in [0.15, 0.2) is 29.1 Å². The summed E-state index contributed by atoms with van der Waals surface area (Å²) in [7, 11) is 1.47. The molecule has 0 saturated carbocycles. The van der Waals surface area contributed by atoms with Crippen LogP contribution in [0.25, 0.3) is 17.5 Å². The molecular weight excluding hydrogens is 452 g/mol. The van der Waals surface area contributed by atoms with Crippen LogP contribution in [0, 0.1) is 11.3 Å². The van der Waals surface area contributed by atoms with Gasteiger partial charge in [0.25, 0.3) is 0 Å². The molecule has 2 aromatic carbocycles. The smallest absolute Gasteiger partial charge is 0.342 e. The topological polar surface area (TPSA) is 110 Å². The summed E-state index contributed by atoms with van der Waals surface area (Å²) in [5, 5.41) is 27.9. The van der Waals surface area contributed by atoms with Crippen LogP contribution in [-0.2, 0) is 11.3 Å². The summed E-state index contributed by atoms with van der Waals surface area (Å²) in [6.45, 7) is 2.37. The summed E-state index contributed by atoms with van der Waals surface area (Å²) < 4.78 is 12.4. The maximum Gasteiger partial charge on any atom is 0.342 e. The molecule has 0 aliphatic rings. The van der Waals surface area contributed by atoms with Crippen LogP contribution in [0.4, 0.5) is 0 Å². The highest BCUT2D eigenvalue weighted by Crippen LogP contribution is 2.33. The molecule has 3 aromatic rings. The zero-order valence-corrected chi connectivity index (χ0v) is 18.9. The minimum Gasteiger partial charge on any atom is -0.493 e. The first-order valence-electron chi connectivity index (χ1n) is 9.46. The molecule has 10 heteroatoms. The fourth-order valence-electron chi connectivity index (χ4n) is 2.85. The lowest BCUT2D eigenvalue weighted by molar-refractivity contribution is -0.131. The van der Waals surface area contributed by atoms with Crippen molar-refractivity contribution in [3.05, 3.63) is 58.0 Å². The Kier molecular flexibility index (Phi) is 7.76. The number of carboxylic acids is 1. The molecule has 164 valence electrons. The van der Waals surface area contributed by atoms with Gasteiger partial charge in [-0.3, -0.25) is 0 Å². The van der Waals surface area contributed by atoms with Gasteiger partial charge in [0.2, 0.25) is 0 Å². The molecule has 0 fully saturated rings. The van der Waals surface area contributed by atoms with Crippen LogP contribution in [0.2, 0.25) is 5.02 Å². The number of nitriles is 1. The molecule has 1 heterocycles. The molecule has 32 heavy (non-hydrogen) atoms. The normalized spacial score (nSPS) is 11.1. The van der Waals surface area contributed by atoms with Crippen molar-refractivity contribution in [1.29, 1.82) is 5.26 Å². The Bertz CT molecular complexity index is 1190. The van der Waals surface area contributed by atoms with Gasteiger partial charge in [-0.25, -0.2) is 4.79 Å². The molecule has 0 saturated heterocycles. The van der Waals surface area contributed by atoms with E-state index in [9.17, 15) is 9.90 Å². The van der Waals surface area contributed by atoms with Gasteiger partial charge < -0.3 is 19.1 Å². The first kappa shape index (κ1) is 23.2. The standard InChI is InChI=1S/C22H19ClN4O4S/c1-3-27-20(15-5-7-16(23)8-6-15)25-26-22(27)32-19(21(28)29)13-14-4-9-17(31-11-10-24)18(12-14)30-2/h4-9,12-13H,3,11H2,1-2H3,(H,28,29)/b19-13-. The first-order chi connectivity index (χ1) is 15.5. The molecule has 0 radical (unpaired) electrons. The molecule has 0 unspecified atom stereocenters. The van der Waals surface area contributed by atoms with Crippen LogP contribution < -0.4 is 9.47 Å². The average molecular weight is 471 g/mol. The predicted molar refractivity (Wildman–Crippen MR) is 122 cm³/mol. The Morgan fingerprint density at radius 1 is 1.25 bits per heavy atom. The van der Waals surface area contributed by atoms with Gasteiger partial charge in [0, 0.05) is 17.1 Å². The highest BCUT2D eigenvalue weighted by molar-refractivity contribution is 8.04. The van der Waals surface area contributed by atoms with E-state index < -0.39 is 5.97 Å². The third kappa shape index (κ3) is 5.41. The number of halogens is 1. The average Bonchev–Trinajstić information content (AvgIpc) is 3.20. The molecule has 0 aliphatic heterocycles. The largest absolute Gasteiger partial charge is 0.493 e. The van der Waals surface area contributed by atoms with Crippen LogP contribution in [0.5, 0.6) is 11.5 Å². The van der Waals surface area contributed by atoms with Crippen molar-refractivity contribution in [2.24, 2.45) is 0 Å². The van der Waals surface area contributed by atoms with Gasteiger partial charge >= 0.3 is 5.97 Å². The molecule has 0 aliphatic carbocycles. The van der Waals surface area contributed by atoms with Crippen molar-refractivity contribution in [2.75, 3.05) is 13.7 Å². The number of carboxylic acid groups (broad SMARTS) is 1. The summed E-state index contributed by atoms with van der Waals surface area (Å²) in [4.78, 5) is 12.0. The minimum atomic E-state index is -1.10. The second-order valence-electron chi connectivity index (χ2n) is 6.33. The fraction of sp³-hybridized carbons (Fsp3) is 0.182.